The van der Waals surface area contributed by atoms with Crippen LogP contribution in [0.25, 0.3) is 0 Å². The van der Waals surface area contributed by atoms with Crippen molar-refractivity contribution in [2.75, 3.05) is 7.11 Å². The van der Waals surface area contributed by atoms with Gasteiger partial charge >= 0.3 is 17.9 Å². The molecule has 1 saturated carbocycles. The van der Waals surface area contributed by atoms with Crippen LogP contribution in [0.4, 0.5) is 0 Å². The van der Waals surface area contributed by atoms with Gasteiger partial charge in [0.05, 0.1) is 13.0 Å². The predicted octanol–water partition coefficient (Wildman–Crippen LogP) is 1.97. The van der Waals surface area contributed by atoms with Gasteiger partial charge in [0, 0.05) is 32.3 Å². The van der Waals surface area contributed by atoms with Crippen LogP contribution in [0.1, 0.15) is 46.0 Å². The van der Waals surface area contributed by atoms with Gasteiger partial charge in [0.15, 0.2) is 0 Å². The molecule has 0 heterocycles. The van der Waals surface area contributed by atoms with Crippen LogP contribution in [-0.2, 0) is 33.4 Å². The van der Waals surface area contributed by atoms with Gasteiger partial charge in [-0.1, -0.05) is 12.5 Å². The van der Waals surface area contributed by atoms with E-state index in [0.29, 0.717) is 19.3 Å². The maximum Gasteiger partial charge on any atom is 0.330 e. The lowest BCUT2D eigenvalue weighted by molar-refractivity contribution is -0.149. The number of aldehydes is 1. The van der Waals surface area contributed by atoms with Crippen molar-refractivity contribution in [2.24, 2.45) is 11.8 Å². The molecule has 0 N–H and O–H groups in total. The second kappa shape index (κ2) is 10.6. The molecule has 0 aromatic rings. The van der Waals surface area contributed by atoms with E-state index in [9.17, 15) is 19.2 Å². The summed E-state index contributed by atoms with van der Waals surface area (Å²) in [6.45, 7) is 2.62. The highest BCUT2D eigenvalue weighted by atomic mass is 16.6. The monoisotopic (exact) mass is 354 g/mol. The lowest BCUT2D eigenvalue weighted by Crippen LogP contribution is -2.27. The molecule has 0 unspecified atom stereocenters. The number of hydrogen-bond acceptors (Lipinski definition) is 7. The maximum absolute atomic E-state index is 11.5. The first-order valence-electron chi connectivity index (χ1n) is 8.43. The number of carbonyl (C=O) groups is 4. The Labute approximate surface area is 147 Å². The number of ether oxygens (including phenoxy) is 3. The Morgan fingerprint density at radius 3 is 2.24 bits per heavy atom. The number of rotatable bonds is 9. The molecule has 1 aliphatic carbocycles. The van der Waals surface area contributed by atoms with Gasteiger partial charge in [0.25, 0.3) is 0 Å². The third-order valence-electron chi connectivity index (χ3n) is 4.27. The van der Waals surface area contributed by atoms with Crippen LogP contribution >= 0.6 is 0 Å². The van der Waals surface area contributed by atoms with Crippen LogP contribution in [0, 0.1) is 11.8 Å². The van der Waals surface area contributed by atoms with Crippen molar-refractivity contribution in [2.45, 2.75) is 58.2 Å². The molecule has 0 bridgehead atoms. The van der Waals surface area contributed by atoms with E-state index in [1.54, 1.807) is 6.08 Å². The molecule has 1 rings (SSSR count). The first-order chi connectivity index (χ1) is 11.9. The summed E-state index contributed by atoms with van der Waals surface area (Å²) >= 11 is 0. The van der Waals surface area contributed by atoms with Gasteiger partial charge in [-0.05, 0) is 19.3 Å². The van der Waals surface area contributed by atoms with Crippen LogP contribution in [0.15, 0.2) is 12.2 Å². The highest BCUT2D eigenvalue weighted by Gasteiger charge is 2.46. The Morgan fingerprint density at radius 1 is 1.04 bits per heavy atom. The van der Waals surface area contributed by atoms with E-state index in [-0.39, 0.29) is 5.92 Å². The van der Waals surface area contributed by atoms with E-state index in [1.165, 1.54) is 27.0 Å². The third-order valence-corrected chi connectivity index (χ3v) is 4.27. The zero-order chi connectivity index (χ0) is 18.8. The minimum absolute atomic E-state index is 0.171. The molecule has 7 nitrogen and oxygen atoms in total. The molecule has 0 amide bonds. The molecular formula is C18H26O7. The predicted molar refractivity (Wildman–Crippen MR) is 88.4 cm³/mol. The van der Waals surface area contributed by atoms with Crippen LogP contribution in [0.3, 0.4) is 0 Å². The van der Waals surface area contributed by atoms with Crippen molar-refractivity contribution in [3.05, 3.63) is 12.2 Å². The molecule has 25 heavy (non-hydrogen) atoms. The minimum Gasteiger partial charge on any atom is -0.466 e. The van der Waals surface area contributed by atoms with E-state index in [4.69, 9.17) is 9.47 Å². The number of carbonyl (C=O) groups excluding carboxylic acids is 4. The van der Waals surface area contributed by atoms with E-state index in [1.807, 2.05) is 0 Å². The van der Waals surface area contributed by atoms with E-state index in [2.05, 4.69) is 4.74 Å². The summed E-state index contributed by atoms with van der Waals surface area (Å²) in [6, 6.07) is 0. The van der Waals surface area contributed by atoms with Gasteiger partial charge in [0.1, 0.15) is 18.5 Å². The van der Waals surface area contributed by atoms with Crippen LogP contribution in [0.2, 0.25) is 0 Å². The van der Waals surface area contributed by atoms with Gasteiger partial charge in [-0.15, -0.1) is 0 Å². The van der Waals surface area contributed by atoms with Gasteiger partial charge in [-0.3, -0.25) is 9.59 Å². The van der Waals surface area contributed by atoms with Crippen molar-refractivity contribution in [1.82, 2.24) is 0 Å². The van der Waals surface area contributed by atoms with Gasteiger partial charge < -0.3 is 19.0 Å². The summed E-state index contributed by atoms with van der Waals surface area (Å²) in [5.41, 5.74) is 0. The van der Waals surface area contributed by atoms with E-state index < -0.39 is 36.0 Å². The Kier molecular flexibility index (Phi) is 8.88. The van der Waals surface area contributed by atoms with Crippen molar-refractivity contribution in [3.8, 4) is 0 Å². The lowest BCUT2D eigenvalue weighted by atomic mass is 9.89. The van der Waals surface area contributed by atoms with E-state index in [0.717, 1.165) is 19.1 Å². The fourth-order valence-electron chi connectivity index (χ4n) is 3.23. The molecule has 4 atom stereocenters. The summed E-state index contributed by atoms with van der Waals surface area (Å²) < 4.78 is 15.1. The maximum atomic E-state index is 11.5. The standard InChI is InChI=1S/C18H26O7/c1-12(20)24-16-10-17(25-13(2)21)15(11-19)14(16)8-6-4-5-7-9-18(22)23-3/h7,9,11,14-17H,4-6,8,10H2,1-3H3/t14-,15-,16+,17-/m1/s1. The van der Waals surface area contributed by atoms with Gasteiger partial charge in [0.2, 0.25) is 0 Å². The minimum atomic E-state index is -0.552. The first kappa shape index (κ1) is 20.9. The number of methoxy groups -OCH3 is 1. The number of hydrogen-bond donors (Lipinski definition) is 0. The average Bonchev–Trinajstić information content (AvgIpc) is 2.85. The molecule has 0 aromatic heterocycles. The number of allylic oxidation sites excluding steroid dienone is 1. The second-order valence-corrected chi connectivity index (χ2v) is 6.12. The van der Waals surface area contributed by atoms with Crippen LogP contribution in [0.5, 0.6) is 0 Å². The quantitative estimate of drug-likeness (QED) is 0.205. The topological polar surface area (TPSA) is 96.0 Å². The zero-order valence-electron chi connectivity index (χ0n) is 14.9. The molecule has 140 valence electrons. The highest BCUT2D eigenvalue weighted by Crippen LogP contribution is 2.38. The Bertz CT molecular complexity index is 512. The molecule has 1 fully saturated rings. The summed E-state index contributed by atoms with van der Waals surface area (Å²) in [5, 5.41) is 0. The van der Waals surface area contributed by atoms with Crippen LogP contribution < -0.4 is 0 Å². The SMILES string of the molecule is COC(=O)C=CCCCC[C@@H]1[C@@H](C=O)[C@H](OC(C)=O)C[C@@H]1OC(C)=O. The molecule has 7 heteroatoms. The molecule has 0 aliphatic heterocycles. The molecule has 1 aliphatic rings. The number of esters is 3. The van der Waals surface area contributed by atoms with E-state index >= 15 is 0 Å². The van der Waals surface area contributed by atoms with Crippen LogP contribution in [-0.4, -0.2) is 43.5 Å². The average molecular weight is 354 g/mol. The first-order valence-corrected chi connectivity index (χ1v) is 8.43. The Morgan fingerprint density at radius 2 is 1.68 bits per heavy atom. The summed E-state index contributed by atoms with van der Waals surface area (Å²) in [7, 11) is 1.32. The van der Waals surface area contributed by atoms with Gasteiger partial charge in [-0.2, -0.15) is 0 Å². The Balaban J connectivity index is 2.59. The molecule has 0 radical (unpaired) electrons. The fourth-order valence-corrected chi connectivity index (χ4v) is 3.23. The zero-order valence-corrected chi connectivity index (χ0v) is 14.9. The lowest BCUT2D eigenvalue weighted by Gasteiger charge is -2.22. The van der Waals surface area contributed by atoms with Crippen molar-refractivity contribution in [3.63, 3.8) is 0 Å². The highest BCUT2D eigenvalue weighted by molar-refractivity contribution is 5.81. The summed E-state index contributed by atoms with van der Waals surface area (Å²) in [5.74, 6) is -1.90. The normalized spacial score (nSPS) is 25.6. The molecule has 0 aromatic carbocycles. The smallest absolute Gasteiger partial charge is 0.330 e. The number of unbranched alkanes of at least 4 members (excludes halogenated alkanes) is 2. The second-order valence-electron chi connectivity index (χ2n) is 6.12. The molecule has 0 spiro atoms. The van der Waals surface area contributed by atoms with Gasteiger partial charge in [-0.25, -0.2) is 4.79 Å². The largest absolute Gasteiger partial charge is 0.466 e. The third kappa shape index (κ3) is 7.07. The van der Waals surface area contributed by atoms with Crippen molar-refractivity contribution in [1.29, 1.82) is 0 Å². The molecular weight excluding hydrogens is 328 g/mol. The fraction of sp³-hybridized carbons (Fsp3) is 0.667. The molecule has 0 saturated heterocycles. The summed E-state index contributed by atoms with van der Waals surface area (Å²) in [4.78, 5) is 45.0. The van der Waals surface area contributed by atoms with Crippen molar-refractivity contribution >= 4 is 24.2 Å². The van der Waals surface area contributed by atoms with Crippen molar-refractivity contribution < 1.29 is 33.4 Å². The Hall–Kier alpha value is -2.18. The summed E-state index contributed by atoms with van der Waals surface area (Å²) in [6.07, 6.45) is 6.27.